The predicted molar refractivity (Wildman–Crippen MR) is 249 cm³/mol. The second kappa shape index (κ2) is 13.9. The van der Waals surface area contributed by atoms with Crippen molar-refractivity contribution in [3.05, 3.63) is 211 Å². The molecule has 278 valence electrons. The van der Waals surface area contributed by atoms with E-state index < -0.39 is 0 Å². The zero-order chi connectivity index (χ0) is 39.5. The van der Waals surface area contributed by atoms with Gasteiger partial charge in [0.05, 0.1) is 38.8 Å². The number of aromatic nitrogens is 3. The molecule has 59 heavy (non-hydrogen) atoms. The third kappa shape index (κ3) is 5.40. The average Bonchev–Trinajstić information content (AvgIpc) is 3.93. The number of para-hydroxylation sites is 5. The number of fused-ring (bicyclic) bond motifs is 7. The second-order valence-electron chi connectivity index (χ2n) is 14.9. The fourth-order valence-electron chi connectivity index (χ4n) is 9.11. The molecule has 11 aromatic rings. The Balaban J connectivity index is 1.05. The highest BCUT2D eigenvalue weighted by atomic mass is 15.1. The van der Waals surface area contributed by atoms with Crippen molar-refractivity contribution in [2.75, 3.05) is 4.90 Å². The third-order valence-corrected chi connectivity index (χ3v) is 11.6. The number of rotatable bonds is 7. The zero-order valence-corrected chi connectivity index (χ0v) is 32.5. The van der Waals surface area contributed by atoms with E-state index in [2.05, 4.69) is 219 Å². The number of anilines is 3. The Kier molecular flexibility index (Phi) is 8.06. The van der Waals surface area contributed by atoms with Gasteiger partial charge >= 0.3 is 0 Å². The molecule has 0 aliphatic heterocycles. The van der Waals surface area contributed by atoms with Gasteiger partial charge in [0, 0.05) is 61.1 Å². The highest BCUT2D eigenvalue weighted by Gasteiger charge is 2.19. The first-order chi connectivity index (χ1) is 29.2. The number of nitrogens with zero attached hydrogens (tertiary/aromatic N) is 4. The van der Waals surface area contributed by atoms with E-state index in [0.717, 1.165) is 56.3 Å². The van der Waals surface area contributed by atoms with Crippen molar-refractivity contribution in [2.45, 2.75) is 6.92 Å². The molecular weight excluding hydrogens is 717 g/mol. The first-order valence-electron chi connectivity index (χ1n) is 20.0. The summed E-state index contributed by atoms with van der Waals surface area (Å²) in [6.07, 6.45) is 10.3. The summed E-state index contributed by atoms with van der Waals surface area (Å²) in [5.74, 6) is 2.97. The molecule has 0 saturated carbocycles. The van der Waals surface area contributed by atoms with Crippen molar-refractivity contribution in [3.8, 4) is 29.4 Å². The minimum atomic E-state index is 0.899. The molecule has 0 spiro atoms. The maximum absolute atomic E-state index is 6.12. The van der Waals surface area contributed by atoms with Crippen LogP contribution in [0, 0.1) is 12.3 Å². The van der Waals surface area contributed by atoms with Crippen LogP contribution in [0.4, 0.5) is 17.1 Å². The van der Waals surface area contributed by atoms with Crippen LogP contribution in [0.15, 0.2) is 200 Å². The molecule has 0 saturated heterocycles. The van der Waals surface area contributed by atoms with Crippen molar-refractivity contribution < 1.29 is 0 Å². The van der Waals surface area contributed by atoms with Crippen LogP contribution in [0.5, 0.6) is 0 Å². The summed E-state index contributed by atoms with van der Waals surface area (Å²) < 4.78 is 6.99. The summed E-state index contributed by atoms with van der Waals surface area (Å²) in [6, 6.07) is 69.6. The normalized spacial score (nSPS) is 11.7. The molecule has 0 fully saturated rings. The van der Waals surface area contributed by atoms with Gasteiger partial charge in [0.15, 0.2) is 0 Å². The van der Waals surface area contributed by atoms with Crippen molar-refractivity contribution >= 4 is 77.7 Å². The molecule has 4 heteroatoms. The Morgan fingerprint density at radius 2 is 0.695 bits per heavy atom. The fraction of sp³-hybridized carbons (Fsp3) is 0.0182. The lowest BCUT2D eigenvalue weighted by Gasteiger charge is -2.26. The lowest BCUT2D eigenvalue weighted by molar-refractivity contribution is 1.10. The van der Waals surface area contributed by atoms with Gasteiger partial charge in [-0.3, -0.25) is 0 Å². The second-order valence-corrected chi connectivity index (χ2v) is 14.9. The molecule has 3 heterocycles. The highest BCUT2D eigenvalue weighted by molar-refractivity contribution is 6.10. The number of benzene rings is 8. The van der Waals surface area contributed by atoms with Crippen LogP contribution < -0.4 is 4.90 Å². The molecule has 0 amide bonds. The first kappa shape index (κ1) is 34.3. The maximum atomic E-state index is 6.12. The van der Waals surface area contributed by atoms with Crippen LogP contribution >= 0.6 is 0 Å². The van der Waals surface area contributed by atoms with E-state index in [4.69, 9.17) is 6.42 Å². The van der Waals surface area contributed by atoms with Gasteiger partial charge in [0.25, 0.3) is 0 Å². The van der Waals surface area contributed by atoms with E-state index >= 15 is 0 Å². The van der Waals surface area contributed by atoms with E-state index in [9.17, 15) is 0 Å². The van der Waals surface area contributed by atoms with E-state index in [1.165, 1.54) is 43.6 Å². The average molecular weight is 755 g/mol. The molecule has 0 aliphatic carbocycles. The molecular formula is C55H38N4. The Morgan fingerprint density at radius 1 is 0.390 bits per heavy atom. The van der Waals surface area contributed by atoms with Gasteiger partial charge in [-0.2, -0.15) is 0 Å². The summed E-state index contributed by atoms with van der Waals surface area (Å²) >= 11 is 0. The molecule has 0 radical (unpaired) electrons. The minimum Gasteiger partial charge on any atom is -0.310 e. The minimum absolute atomic E-state index is 0.899. The van der Waals surface area contributed by atoms with Crippen LogP contribution in [0.25, 0.3) is 77.7 Å². The standard InChI is InChI=1S/C55H38N4/c1-3-15-50-44(4-2)45-16-5-10-21-51(45)57(50)41-32-26-38(27-33-41)56(39-28-34-42(35-29-39)58-52-22-11-6-17-46(52)47-18-7-12-23-53(47)58)40-30-36-43(37-31-40)59-54-24-13-8-19-48(54)49-20-9-14-25-55(49)59/h2-3,5-37H,1H3/b15-3-. The van der Waals surface area contributed by atoms with Crippen LogP contribution in [-0.2, 0) is 0 Å². The van der Waals surface area contributed by atoms with E-state index in [-0.39, 0.29) is 0 Å². The van der Waals surface area contributed by atoms with Crippen LogP contribution in [0.1, 0.15) is 18.2 Å². The number of allylic oxidation sites excluding steroid dienone is 1. The molecule has 3 aromatic heterocycles. The van der Waals surface area contributed by atoms with Crippen LogP contribution in [-0.4, -0.2) is 13.7 Å². The smallest absolute Gasteiger partial charge is 0.0621 e. The fourth-order valence-corrected chi connectivity index (χ4v) is 9.11. The Bertz CT molecular complexity index is 3180. The summed E-state index contributed by atoms with van der Waals surface area (Å²) in [5, 5.41) is 6.07. The Labute approximate surface area is 342 Å². The van der Waals surface area contributed by atoms with E-state index in [1.807, 2.05) is 19.1 Å². The van der Waals surface area contributed by atoms with Crippen LogP contribution in [0.3, 0.4) is 0 Å². The molecule has 0 unspecified atom stereocenters. The predicted octanol–water partition coefficient (Wildman–Crippen LogP) is 14.3. The van der Waals surface area contributed by atoms with Crippen molar-refractivity contribution in [1.29, 1.82) is 0 Å². The molecule has 0 atom stereocenters. The van der Waals surface area contributed by atoms with Gasteiger partial charge in [-0.1, -0.05) is 103 Å². The Morgan fingerprint density at radius 3 is 1.03 bits per heavy atom. The molecule has 0 aliphatic rings. The van der Waals surface area contributed by atoms with Gasteiger partial charge in [-0.15, -0.1) is 6.42 Å². The molecule has 11 rings (SSSR count). The van der Waals surface area contributed by atoms with Gasteiger partial charge in [-0.25, -0.2) is 0 Å². The highest BCUT2D eigenvalue weighted by Crippen LogP contribution is 2.40. The zero-order valence-electron chi connectivity index (χ0n) is 32.5. The van der Waals surface area contributed by atoms with Crippen LogP contribution in [0.2, 0.25) is 0 Å². The monoisotopic (exact) mass is 754 g/mol. The lowest BCUT2D eigenvalue weighted by Crippen LogP contribution is -2.10. The SMILES string of the molecule is C#Cc1c(/C=C\C)n(-c2ccc(N(c3ccc(-n4c5ccccc5c5ccccc54)cc3)c3ccc(-n4c5ccccc5c5ccccc54)cc3)cc2)c2ccccc12. The molecule has 4 nitrogen and oxygen atoms in total. The maximum Gasteiger partial charge on any atom is 0.0621 e. The van der Waals surface area contributed by atoms with E-state index in [0.29, 0.717) is 0 Å². The topological polar surface area (TPSA) is 18.0 Å². The van der Waals surface area contributed by atoms with Gasteiger partial charge in [-0.05, 0) is 116 Å². The summed E-state index contributed by atoms with van der Waals surface area (Å²) in [6.45, 7) is 2.03. The lowest BCUT2D eigenvalue weighted by atomic mass is 10.1. The summed E-state index contributed by atoms with van der Waals surface area (Å²) in [5.41, 5.74) is 14.2. The summed E-state index contributed by atoms with van der Waals surface area (Å²) in [4.78, 5) is 2.34. The van der Waals surface area contributed by atoms with Crippen molar-refractivity contribution in [1.82, 2.24) is 13.7 Å². The Hall–Kier alpha value is -8.00. The van der Waals surface area contributed by atoms with Gasteiger partial charge in [0.1, 0.15) is 0 Å². The summed E-state index contributed by atoms with van der Waals surface area (Å²) in [7, 11) is 0. The molecule has 8 aromatic carbocycles. The number of terminal acetylenes is 1. The number of hydrogen-bond acceptors (Lipinski definition) is 1. The third-order valence-electron chi connectivity index (χ3n) is 11.6. The number of hydrogen-bond donors (Lipinski definition) is 0. The molecule has 0 N–H and O–H groups in total. The van der Waals surface area contributed by atoms with Gasteiger partial charge in [0.2, 0.25) is 0 Å². The largest absolute Gasteiger partial charge is 0.310 e. The van der Waals surface area contributed by atoms with E-state index in [1.54, 1.807) is 0 Å². The van der Waals surface area contributed by atoms with Crippen molar-refractivity contribution in [2.24, 2.45) is 0 Å². The van der Waals surface area contributed by atoms with Gasteiger partial charge < -0.3 is 18.6 Å². The first-order valence-corrected chi connectivity index (χ1v) is 20.0. The quantitative estimate of drug-likeness (QED) is 0.148. The molecule has 0 bridgehead atoms. The van der Waals surface area contributed by atoms with Crippen molar-refractivity contribution in [3.63, 3.8) is 0 Å².